The molecule has 1 N–H and O–H groups in total. The topological polar surface area (TPSA) is 21.3 Å². The van der Waals surface area contributed by atoms with Crippen molar-refractivity contribution in [3.8, 4) is 0 Å². The van der Waals surface area contributed by atoms with Gasteiger partial charge in [-0.15, -0.1) is 0 Å². The van der Waals surface area contributed by atoms with Gasteiger partial charge in [0.1, 0.15) is 0 Å². The standard InChI is InChI=1S/C15H21BrClNO/c1-2-18-14(7-11-5-6-19-10-11)8-12-3-4-13(16)9-15(12)17/h3-4,9,11,14,18H,2,5-8,10H2,1H3. The minimum absolute atomic E-state index is 0.482. The lowest BCUT2D eigenvalue weighted by Gasteiger charge is -2.21. The summed E-state index contributed by atoms with van der Waals surface area (Å²) in [4.78, 5) is 0. The van der Waals surface area contributed by atoms with Gasteiger partial charge < -0.3 is 10.1 Å². The Morgan fingerprint density at radius 3 is 3.00 bits per heavy atom. The van der Waals surface area contributed by atoms with E-state index in [0.29, 0.717) is 12.0 Å². The van der Waals surface area contributed by atoms with Gasteiger partial charge in [0.25, 0.3) is 0 Å². The highest BCUT2D eigenvalue weighted by Crippen LogP contribution is 2.25. The normalized spacial score (nSPS) is 20.7. The molecule has 0 aliphatic carbocycles. The molecular formula is C15H21BrClNO. The first kappa shape index (κ1) is 15.3. The molecule has 1 aliphatic rings. The van der Waals surface area contributed by atoms with E-state index in [-0.39, 0.29) is 0 Å². The van der Waals surface area contributed by atoms with Crippen molar-refractivity contribution in [3.63, 3.8) is 0 Å². The zero-order valence-electron chi connectivity index (χ0n) is 11.3. The summed E-state index contributed by atoms with van der Waals surface area (Å²) in [6.45, 7) is 4.98. The zero-order valence-corrected chi connectivity index (χ0v) is 13.6. The lowest BCUT2D eigenvalue weighted by Crippen LogP contribution is -2.33. The van der Waals surface area contributed by atoms with E-state index in [1.807, 2.05) is 6.07 Å². The van der Waals surface area contributed by atoms with Crippen molar-refractivity contribution >= 4 is 27.5 Å². The third kappa shape index (κ3) is 4.75. The van der Waals surface area contributed by atoms with Crippen LogP contribution in [0, 0.1) is 5.92 Å². The second-order valence-corrected chi connectivity index (χ2v) is 6.48. The third-order valence-electron chi connectivity index (χ3n) is 3.62. The van der Waals surface area contributed by atoms with Crippen molar-refractivity contribution in [2.45, 2.75) is 32.2 Å². The predicted octanol–water partition coefficient (Wildman–Crippen LogP) is 4.05. The number of nitrogens with one attached hydrogen (secondary N) is 1. The molecule has 0 spiro atoms. The maximum absolute atomic E-state index is 6.31. The van der Waals surface area contributed by atoms with E-state index in [1.54, 1.807) is 0 Å². The maximum Gasteiger partial charge on any atom is 0.0495 e. The molecule has 0 radical (unpaired) electrons. The molecule has 1 fully saturated rings. The van der Waals surface area contributed by atoms with Gasteiger partial charge in [-0.05, 0) is 49.4 Å². The number of hydrogen-bond acceptors (Lipinski definition) is 2. The van der Waals surface area contributed by atoms with E-state index in [9.17, 15) is 0 Å². The van der Waals surface area contributed by atoms with Crippen LogP contribution in [-0.4, -0.2) is 25.8 Å². The molecule has 19 heavy (non-hydrogen) atoms. The Morgan fingerprint density at radius 1 is 1.53 bits per heavy atom. The Kier molecular flexibility index (Phi) is 6.14. The molecule has 2 atom stereocenters. The molecule has 0 bridgehead atoms. The Morgan fingerprint density at radius 2 is 2.37 bits per heavy atom. The summed E-state index contributed by atoms with van der Waals surface area (Å²) in [5.41, 5.74) is 1.22. The lowest BCUT2D eigenvalue weighted by molar-refractivity contribution is 0.181. The zero-order chi connectivity index (χ0) is 13.7. The smallest absolute Gasteiger partial charge is 0.0495 e. The number of likely N-dealkylation sites (N-methyl/N-ethyl adjacent to an activating group) is 1. The van der Waals surface area contributed by atoms with Crippen LogP contribution in [0.5, 0.6) is 0 Å². The molecule has 4 heteroatoms. The molecule has 0 aromatic heterocycles. The van der Waals surface area contributed by atoms with Crippen molar-refractivity contribution in [2.75, 3.05) is 19.8 Å². The van der Waals surface area contributed by atoms with Crippen LogP contribution in [0.25, 0.3) is 0 Å². The van der Waals surface area contributed by atoms with Crippen molar-refractivity contribution < 1.29 is 4.74 Å². The molecule has 1 saturated heterocycles. The predicted molar refractivity (Wildman–Crippen MR) is 83.9 cm³/mol. The average Bonchev–Trinajstić information content (AvgIpc) is 2.86. The van der Waals surface area contributed by atoms with Crippen molar-refractivity contribution in [1.82, 2.24) is 5.32 Å². The third-order valence-corrected chi connectivity index (χ3v) is 4.46. The molecule has 1 aromatic rings. The number of ether oxygens (including phenoxy) is 1. The Bertz CT molecular complexity index is 407. The van der Waals surface area contributed by atoms with Crippen LogP contribution in [0.4, 0.5) is 0 Å². The van der Waals surface area contributed by atoms with Crippen LogP contribution < -0.4 is 5.32 Å². The quantitative estimate of drug-likeness (QED) is 0.839. The molecule has 2 unspecified atom stereocenters. The van der Waals surface area contributed by atoms with E-state index >= 15 is 0 Å². The highest BCUT2D eigenvalue weighted by Gasteiger charge is 2.21. The summed E-state index contributed by atoms with van der Waals surface area (Å²) in [6, 6.07) is 6.62. The summed E-state index contributed by atoms with van der Waals surface area (Å²) in [5.74, 6) is 0.693. The van der Waals surface area contributed by atoms with Crippen molar-refractivity contribution in [3.05, 3.63) is 33.3 Å². The van der Waals surface area contributed by atoms with Crippen LogP contribution in [0.2, 0.25) is 5.02 Å². The van der Waals surface area contributed by atoms with Crippen LogP contribution >= 0.6 is 27.5 Å². The first-order valence-electron chi connectivity index (χ1n) is 6.94. The number of rotatable bonds is 6. The molecule has 2 rings (SSSR count). The summed E-state index contributed by atoms with van der Waals surface area (Å²) in [6.07, 6.45) is 3.34. The highest BCUT2D eigenvalue weighted by molar-refractivity contribution is 9.10. The van der Waals surface area contributed by atoms with Gasteiger partial charge in [0.15, 0.2) is 0 Å². The maximum atomic E-state index is 6.31. The molecule has 2 nitrogen and oxygen atoms in total. The Balaban J connectivity index is 1.98. The first-order chi connectivity index (χ1) is 9.19. The minimum Gasteiger partial charge on any atom is -0.381 e. The Hall–Kier alpha value is -0.0900. The van der Waals surface area contributed by atoms with Crippen molar-refractivity contribution in [2.24, 2.45) is 5.92 Å². The van der Waals surface area contributed by atoms with E-state index < -0.39 is 0 Å². The SMILES string of the molecule is CCNC(Cc1ccc(Br)cc1Cl)CC1CCOC1. The van der Waals surface area contributed by atoms with E-state index in [4.69, 9.17) is 16.3 Å². The molecular weight excluding hydrogens is 326 g/mol. The number of halogens is 2. The molecule has 1 aliphatic heterocycles. The summed E-state index contributed by atoms with van der Waals surface area (Å²) >= 11 is 9.76. The van der Waals surface area contributed by atoms with Crippen LogP contribution in [0.3, 0.4) is 0 Å². The second-order valence-electron chi connectivity index (χ2n) is 5.16. The summed E-state index contributed by atoms with van der Waals surface area (Å²) < 4.78 is 6.50. The molecule has 0 saturated carbocycles. The van der Waals surface area contributed by atoms with E-state index in [1.165, 1.54) is 18.4 Å². The van der Waals surface area contributed by atoms with Gasteiger partial charge in [-0.3, -0.25) is 0 Å². The van der Waals surface area contributed by atoms with Crippen molar-refractivity contribution in [1.29, 1.82) is 0 Å². The fourth-order valence-electron chi connectivity index (χ4n) is 2.65. The highest BCUT2D eigenvalue weighted by atomic mass is 79.9. The monoisotopic (exact) mass is 345 g/mol. The molecule has 1 aromatic carbocycles. The van der Waals surface area contributed by atoms with Gasteiger partial charge >= 0.3 is 0 Å². The van der Waals surface area contributed by atoms with E-state index in [2.05, 4.69) is 40.3 Å². The summed E-state index contributed by atoms with van der Waals surface area (Å²) in [5, 5.41) is 4.42. The van der Waals surface area contributed by atoms with Gasteiger partial charge in [-0.2, -0.15) is 0 Å². The summed E-state index contributed by atoms with van der Waals surface area (Å²) in [7, 11) is 0. The molecule has 106 valence electrons. The number of benzene rings is 1. The fraction of sp³-hybridized carbons (Fsp3) is 0.600. The van der Waals surface area contributed by atoms with Gasteiger partial charge in [-0.1, -0.05) is 40.5 Å². The van der Waals surface area contributed by atoms with Gasteiger partial charge in [0, 0.05) is 28.8 Å². The lowest BCUT2D eigenvalue weighted by atomic mass is 9.94. The van der Waals surface area contributed by atoms with Gasteiger partial charge in [0.05, 0.1) is 0 Å². The molecule has 1 heterocycles. The largest absolute Gasteiger partial charge is 0.381 e. The van der Waals surface area contributed by atoms with E-state index in [0.717, 1.165) is 35.7 Å². The van der Waals surface area contributed by atoms with Gasteiger partial charge in [0.2, 0.25) is 0 Å². The van der Waals surface area contributed by atoms with Crippen LogP contribution in [-0.2, 0) is 11.2 Å². The van der Waals surface area contributed by atoms with Gasteiger partial charge in [-0.25, -0.2) is 0 Å². The minimum atomic E-state index is 0.482. The second kappa shape index (κ2) is 7.63. The fourth-order valence-corrected chi connectivity index (χ4v) is 3.40. The first-order valence-corrected chi connectivity index (χ1v) is 8.11. The Labute approximate surface area is 129 Å². The number of hydrogen-bond donors (Lipinski definition) is 1. The van der Waals surface area contributed by atoms with Crippen LogP contribution in [0.1, 0.15) is 25.3 Å². The van der Waals surface area contributed by atoms with Crippen LogP contribution in [0.15, 0.2) is 22.7 Å². The average molecular weight is 347 g/mol. The molecule has 0 amide bonds.